The monoisotopic (exact) mass is 408 g/mol. The van der Waals surface area contributed by atoms with E-state index in [1.807, 2.05) is 45.0 Å². The van der Waals surface area contributed by atoms with Crippen LogP contribution >= 0.6 is 22.9 Å². The van der Waals surface area contributed by atoms with Crippen molar-refractivity contribution in [2.45, 2.75) is 40.7 Å². The molecule has 0 saturated heterocycles. The summed E-state index contributed by atoms with van der Waals surface area (Å²) in [5.41, 5.74) is 1.35. The van der Waals surface area contributed by atoms with Crippen LogP contribution in [0.15, 0.2) is 24.3 Å². The Labute approximate surface area is 168 Å². The highest BCUT2D eigenvalue weighted by atomic mass is 35.5. The van der Waals surface area contributed by atoms with Gasteiger partial charge in [-0.1, -0.05) is 55.0 Å². The molecule has 1 atom stereocenters. The van der Waals surface area contributed by atoms with Crippen LogP contribution in [0.25, 0.3) is 10.6 Å². The van der Waals surface area contributed by atoms with Gasteiger partial charge in [-0.25, -0.2) is 0 Å². The predicted octanol–water partition coefficient (Wildman–Crippen LogP) is 3.86. The predicted molar refractivity (Wildman–Crippen MR) is 110 cm³/mol. The van der Waals surface area contributed by atoms with Gasteiger partial charge >= 0.3 is 0 Å². The zero-order valence-corrected chi connectivity index (χ0v) is 17.7. The number of halogens is 1. The topological polar surface area (TPSA) is 84.0 Å². The zero-order valence-electron chi connectivity index (χ0n) is 16.2. The number of rotatable bonds is 7. The van der Waals surface area contributed by atoms with Crippen LogP contribution in [0.4, 0.5) is 5.13 Å². The lowest BCUT2D eigenvalue weighted by Gasteiger charge is -2.26. The molecule has 0 fully saturated rings. The van der Waals surface area contributed by atoms with Crippen molar-refractivity contribution in [3.05, 3.63) is 29.8 Å². The molecular weight excluding hydrogens is 384 g/mol. The van der Waals surface area contributed by atoms with Gasteiger partial charge in [0, 0.05) is 11.4 Å². The molecule has 6 nitrogen and oxygen atoms in total. The average Bonchev–Trinajstić information content (AvgIpc) is 3.07. The van der Waals surface area contributed by atoms with E-state index < -0.39 is 11.5 Å². The number of aromatic nitrogens is 2. The van der Waals surface area contributed by atoms with E-state index in [1.54, 1.807) is 13.8 Å². The van der Waals surface area contributed by atoms with Crippen molar-refractivity contribution >= 4 is 39.9 Å². The maximum Gasteiger partial charge on any atom is 0.249 e. The Morgan fingerprint density at radius 3 is 2.37 bits per heavy atom. The minimum atomic E-state index is -0.754. The summed E-state index contributed by atoms with van der Waals surface area (Å²) >= 11 is 7.14. The number of aryl methyl sites for hydroxylation is 1. The molecule has 8 heteroatoms. The van der Waals surface area contributed by atoms with Crippen LogP contribution in [0.2, 0.25) is 0 Å². The fourth-order valence-electron chi connectivity index (χ4n) is 2.20. The summed E-state index contributed by atoms with van der Waals surface area (Å²) < 4.78 is 0. The second kappa shape index (κ2) is 8.80. The van der Waals surface area contributed by atoms with E-state index in [1.165, 1.54) is 11.3 Å². The molecule has 0 saturated carbocycles. The first-order valence-corrected chi connectivity index (χ1v) is 10.1. The molecule has 0 aliphatic rings. The molecule has 1 aromatic carbocycles. The lowest BCUT2D eigenvalue weighted by Crippen LogP contribution is -2.51. The van der Waals surface area contributed by atoms with Gasteiger partial charge in [0.2, 0.25) is 16.9 Å². The van der Waals surface area contributed by atoms with E-state index in [0.717, 1.165) is 16.1 Å². The molecule has 2 rings (SSSR count). The number of amides is 2. The van der Waals surface area contributed by atoms with E-state index in [2.05, 4.69) is 20.8 Å². The number of benzene rings is 1. The SMILES string of the molecule is Cc1ccc(-c2nnc(NC(=O)[C@H](NC(=O)C(C)(C)CCl)C(C)C)s2)cc1. The van der Waals surface area contributed by atoms with E-state index >= 15 is 0 Å². The number of alkyl halides is 1. The number of nitrogens with zero attached hydrogens (tertiary/aromatic N) is 2. The molecule has 0 unspecified atom stereocenters. The Hall–Kier alpha value is -1.99. The summed E-state index contributed by atoms with van der Waals surface area (Å²) in [6.45, 7) is 9.24. The largest absolute Gasteiger partial charge is 0.344 e. The number of hydrogen-bond acceptors (Lipinski definition) is 5. The van der Waals surface area contributed by atoms with Crippen LogP contribution in [-0.4, -0.2) is 33.9 Å². The van der Waals surface area contributed by atoms with E-state index in [0.29, 0.717) is 5.13 Å². The maximum absolute atomic E-state index is 12.7. The summed E-state index contributed by atoms with van der Waals surface area (Å²) in [4.78, 5) is 25.1. The lowest BCUT2D eigenvalue weighted by atomic mass is 9.93. The lowest BCUT2D eigenvalue weighted by molar-refractivity contribution is -0.132. The highest BCUT2D eigenvalue weighted by molar-refractivity contribution is 7.18. The number of nitrogens with one attached hydrogen (secondary N) is 2. The van der Waals surface area contributed by atoms with Gasteiger partial charge in [-0.2, -0.15) is 0 Å². The summed E-state index contributed by atoms with van der Waals surface area (Å²) in [5, 5.41) is 14.8. The van der Waals surface area contributed by atoms with Gasteiger partial charge in [0.25, 0.3) is 0 Å². The van der Waals surface area contributed by atoms with Crippen LogP contribution in [0.1, 0.15) is 33.3 Å². The molecule has 1 aromatic heterocycles. The first-order valence-electron chi connectivity index (χ1n) is 8.72. The first kappa shape index (κ1) is 21.3. The smallest absolute Gasteiger partial charge is 0.249 e. The van der Waals surface area contributed by atoms with Crippen molar-refractivity contribution in [2.24, 2.45) is 11.3 Å². The van der Waals surface area contributed by atoms with E-state index in [9.17, 15) is 9.59 Å². The third-order valence-corrected chi connectivity index (χ3v) is 5.69. The van der Waals surface area contributed by atoms with Crippen molar-refractivity contribution in [2.75, 3.05) is 11.2 Å². The number of carbonyl (C=O) groups is 2. The average molecular weight is 409 g/mol. The molecule has 1 heterocycles. The second-order valence-electron chi connectivity index (χ2n) is 7.48. The van der Waals surface area contributed by atoms with Crippen LogP contribution < -0.4 is 10.6 Å². The van der Waals surface area contributed by atoms with Crippen molar-refractivity contribution in [1.82, 2.24) is 15.5 Å². The highest BCUT2D eigenvalue weighted by Gasteiger charge is 2.32. The van der Waals surface area contributed by atoms with Crippen molar-refractivity contribution in [3.8, 4) is 10.6 Å². The van der Waals surface area contributed by atoms with E-state index in [-0.39, 0.29) is 23.6 Å². The summed E-state index contributed by atoms with van der Waals surface area (Å²) in [6.07, 6.45) is 0. The Morgan fingerprint density at radius 1 is 1.19 bits per heavy atom. The number of hydrogen-bond donors (Lipinski definition) is 2. The third kappa shape index (κ3) is 5.49. The quantitative estimate of drug-likeness (QED) is 0.681. The van der Waals surface area contributed by atoms with Gasteiger partial charge in [0.15, 0.2) is 0 Å². The van der Waals surface area contributed by atoms with Gasteiger partial charge in [0.1, 0.15) is 11.0 Å². The minimum Gasteiger partial charge on any atom is -0.344 e. The minimum absolute atomic E-state index is 0.0930. The van der Waals surface area contributed by atoms with Crippen molar-refractivity contribution in [3.63, 3.8) is 0 Å². The molecule has 146 valence electrons. The normalized spacial score (nSPS) is 12.7. The van der Waals surface area contributed by atoms with Crippen LogP contribution in [-0.2, 0) is 9.59 Å². The molecule has 0 spiro atoms. The van der Waals surface area contributed by atoms with Gasteiger partial charge < -0.3 is 5.32 Å². The Bertz CT molecular complexity index is 802. The Balaban J connectivity index is 2.09. The maximum atomic E-state index is 12.7. The van der Waals surface area contributed by atoms with E-state index in [4.69, 9.17) is 11.6 Å². The Morgan fingerprint density at radius 2 is 1.81 bits per heavy atom. The molecule has 2 amide bonds. The molecular formula is C19H25ClN4O2S. The standard InChI is InChI=1S/C19H25ClN4O2S/c1-11(2)14(21-17(26)19(4,5)10-20)15(25)22-18-24-23-16(27-18)13-8-6-12(3)7-9-13/h6-9,11,14H,10H2,1-5H3,(H,21,26)(H,22,24,25)/t14-/m1/s1. The molecule has 27 heavy (non-hydrogen) atoms. The van der Waals surface area contributed by atoms with Crippen LogP contribution in [0, 0.1) is 18.3 Å². The highest BCUT2D eigenvalue weighted by Crippen LogP contribution is 2.27. The summed E-state index contributed by atoms with van der Waals surface area (Å²) in [5.74, 6) is -0.509. The van der Waals surface area contributed by atoms with Crippen LogP contribution in [0.5, 0.6) is 0 Å². The Kier molecular flexibility index (Phi) is 6.95. The molecule has 0 aliphatic carbocycles. The second-order valence-corrected chi connectivity index (χ2v) is 8.73. The number of anilines is 1. The number of carbonyl (C=O) groups excluding carboxylic acids is 2. The van der Waals surface area contributed by atoms with Crippen LogP contribution in [0.3, 0.4) is 0 Å². The van der Waals surface area contributed by atoms with Crippen molar-refractivity contribution < 1.29 is 9.59 Å². The summed E-state index contributed by atoms with van der Waals surface area (Å²) in [6, 6.07) is 7.24. The molecule has 2 N–H and O–H groups in total. The summed E-state index contributed by atoms with van der Waals surface area (Å²) in [7, 11) is 0. The molecule has 0 bridgehead atoms. The fourth-order valence-corrected chi connectivity index (χ4v) is 3.08. The van der Waals surface area contributed by atoms with Gasteiger partial charge in [-0.05, 0) is 26.7 Å². The van der Waals surface area contributed by atoms with Gasteiger partial charge in [-0.3, -0.25) is 14.9 Å². The first-order chi connectivity index (χ1) is 12.6. The molecule has 0 aliphatic heterocycles. The van der Waals surface area contributed by atoms with Gasteiger partial charge in [-0.15, -0.1) is 21.8 Å². The fraction of sp³-hybridized carbons (Fsp3) is 0.474. The molecule has 2 aromatic rings. The molecule has 0 radical (unpaired) electrons. The van der Waals surface area contributed by atoms with Crippen molar-refractivity contribution in [1.29, 1.82) is 0 Å². The zero-order chi connectivity index (χ0) is 20.2. The van der Waals surface area contributed by atoms with Gasteiger partial charge in [0.05, 0.1) is 5.41 Å². The third-order valence-electron chi connectivity index (χ3n) is 4.14.